The molecule has 0 radical (unpaired) electrons. The molecule has 2 N–H and O–H groups in total. The quantitative estimate of drug-likeness (QED) is 0.329. The molecule has 0 saturated carbocycles. The van der Waals surface area contributed by atoms with E-state index in [1.165, 1.54) is 33.4 Å². The first-order valence-corrected chi connectivity index (χ1v) is 10.9. The van der Waals surface area contributed by atoms with E-state index >= 15 is 0 Å². The van der Waals surface area contributed by atoms with Gasteiger partial charge in [-0.2, -0.15) is 10.2 Å². The maximum Gasteiger partial charge on any atom is 0.0927 e. The zero-order valence-corrected chi connectivity index (χ0v) is 18.8. The van der Waals surface area contributed by atoms with Gasteiger partial charge < -0.3 is 0 Å². The van der Waals surface area contributed by atoms with Crippen molar-refractivity contribution in [3.63, 3.8) is 0 Å². The van der Waals surface area contributed by atoms with Crippen molar-refractivity contribution in [2.24, 2.45) is 0 Å². The topological polar surface area (TPSA) is 57.4 Å². The molecule has 2 aromatic heterocycles. The van der Waals surface area contributed by atoms with Crippen LogP contribution in [-0.2, 0) is 0 Å². The third kappa shape index (κ3) is 3.54. The van der Waals surface area contributed by atoms with E-state index < -0.39 is 0 Å². The van der Waals surface area contributed by atoms with Crippen LogP contribution in [0.3, 0.4) is 0 Å². The smallest absolute Gasteiger partial charge is 0.0927 e. The van der Waals surface area contributed by atoms with E-state index in [1.54, 1.807) is 0 Å². The summed E-state index contributed by atoms with van der Waals surface area (Å²) in [6.07, 6.45) is 0. The van der Waals surface area contributed by atoms with Gasteiger partial charge in [0.05, 0.1) is 22.8 Å². The van der Waals surface area contributed by atoms with Gasteiger partial charge >= 0.3 is 0 Å². The Morgan fingerprint density at radius 1 is 0.531 bits per heavy atom. The van der Waals surface area contributed by atoms with Crippen molar-refractivity contribution in [3.05, 3.63) is 95.1 Å². The molecule has 0 fully saturated rings. The fourth-order valence-corrected chi connectivity index (χ4v) is 4.14. The minimum Gasteiger partial charge on any atom is -0.277 e. The fraction of sp³-hybridized carbons (Fsp3) is 0.143. The molecule has 4 nitrogen and oxygen atoms in total. The van der Waals surface area contributed by atoms with Crippen molar-refractivity contribution in [3.8, 4) is 45.0 Å². The van der Waals surface area contributed by atoms with Gasteiger partial charge in [-0.1, -0.05) is 54.6 Å². The number of nitrogens with zero attached hydrogens (tertiary/aromatic N) is 2. The second kappa shape index (κ2) is 7.97. The standard InChI is InChI=1S/C28H26N4/c1-17-8-5-12-23(19(17)3)27-15-25(29-31-27)21-10-7-11-22(14-21)26-16-28(32-30-26)24-13-6-9-18(2)20(24)4/h5-16H,1-4H3,(H,29,31)(H,30,32). The lowest BCUT2D eigenvalue weighted by Gasteiger charge is -2.05. The molecule has 5 rings (SSSR count). The Bertz CT molecular complexity index is 1320. The van der Waals surface area contributed by atoms with Crippen LogP contribution in [0.15, 0.2) is 72.8 Å². The lowest BCUT2D eigenvalue weighted by Crippen LogP contribution is -1.86. The number of hydrogen-bond acceptors (Lipinski definition) is 2. The van der Waals surface area contributed by atoms with Gasteiger partial charge in [0.15, 0.2) is 0 Å². The Morgan fingerprint density at radius 3 is 1.44 bits per heavy atom. The van der Waals surface area contributed by atoms with Crippen LogP contribution in [0.1, 0.15) is 22.3 Å². The zero-order valence-electron chi connectivity index (χ0n) is 18.8. The zero-order chi connectivity index (χ0) is 22.2. The summed E-state index contributed by atoms with van der Waals surface area (Å²) in [5.41, 5.74) is 13.5. The summed E-state index contributed by atoms with van der Waals surface area (Å²) in [6, 6.07) is 25.3. The largest absolute Gasteiger partial charge is 0.277 e. The Kier molecular flexibility index (Phi) is 4.98. The molecule has 0 spiro atoms. The first-order valence-electron chi connectivity index (χ1n) is 10.9. The highest BCUT2D eigenvalue weighted by Gasteiger charge is 2.12. The van der Waals surface area contributed by atoms with Gasteiger partial charge in [-0.05, 0) is 68.1 Å². The Hall–Kier alpha value is -3.92. The SMILES string of the molecule is Cc1cccc(-c2cc(-c3cccc(-c4cc(-c5cccc(C)c5C)[nH]n4)c3)n[nH]2)c1C. The molecule has 0 bridgehead atoms. The van der Waals surface area contributed by atoms with Gasteiger partial charge in [-0.25, -0.2) is 0 Å². The minimum atomic E-state index is 0.924. The van der Waals surface area contributed by atoms with Crippen LogP contribution in [-0.4, -0.2) is 20.4 Å². The van der Waals surface area contributed by atoms with E-state index in [-0.39, 0.29) is 0 Å². The first-order chi connectivity index (χ1) is 15.5. The number of rotatable bonds is 4. The molecule has 0 unspecified atom stereocenters. The average molecular weight is 419 g/mol. The number of aromatic amines is 2. The normalized spacial score (nSPS) is 11.1. The summed E-state index contributed by atoms with van der Waals surface area (Å²) in [5, 5.41) is 15.6. The third-order valence-electron chi connectivity index (χ3n) is 6.40. The maximum absolute atomic E-state index is 4.59. The van der Waals surface area contributed by atoms with Crippen LogP contribution in [0.5, 0.6) is 0 Å². The van der Waals surface area contributed by atoms with Gasteiger partial charge in [-0.15, -0.1) is 0 Å². The molecule has 5 aromatic rings. The number of hydrogen-bond donors (Lipinski definition) is 2. The van der Waals surface area contributed by atoms with Crippen molar-refractivity contribution in [2.75, 3.05) is 0 Å². The number of aromatic nitrogens is 4. The predicted octanol–water partition coefficient (Wildman–Crippen LogP) is 7.03. The molecule has 0 aliphatic heterocycles. The van der Waals surface area contributed by atoms with E-state index in [2.05, 4.69) is 121 Å². The second-order valence-corrected chi connectivity index (χ2v) is 8.41. The highest BCUT2D eigenvalue weighted by molar-refractivity contribution is 5.76. The molecule has 32 heavy (non-hydrogen) atoms. The van der Waals surface area contributed by atoms with Crippen LogP contribution in [0.4, 0.5) is 0 Å². The van der Waals surface area contributed by atoms with E-state index in [9.17, 15) is 0 Å². The number of aryl methyl sites for hydroxylation is 2. The van der Waals surface area contributed by atoms with Gasteiger partial charge in [0.2, 0.25) is 0 Å². The monoisotopic (exact) mass is 418 g/mol. The van der Waals surface area contributed by atoms with Crippen LogP contribution >= 0.6 is 0 Å². The van der Waals surface area contributed by atoms with Crippen LogP contribution < -0.4 is 0 Å². The predicted molar refractivity (Wildman–Crippen MR) is 131 cm³/mol. The van der Waals surface area contributed by atoms with E-state index in [4.69, 9.17) is 0 Å². The van der Waals surface area contributed by atoms with Gasteiger partial charge in [-0.3, -0.25) is 10.2 Å². The number of H-pyrrole nitrogens is 2. The highest BCUT2D eigenvalue weighted by atomic mass is 15.1. The van der Waals surface area contributed by atoms with Gasteiger partial charge in [0.1, 0.15) is 0 Å². The number of benzene rings is 3. The third-order valence-corrected chi connectivity index (χ3v) is 6.40. The number of nitrogens with one attached hydrogen (secondary N) is 2. The fourth-order valence-electron chi connectivity index (χ4n) is 4.14. The molecule has 0 atom stereocenters. The average Bonchev–Trinajstić information content (AvgIpc) is 3.48. The van der Waals surface area contributed by atoms with Crippen molar-refractivity contribution >= 4 is 0 Å². The molecular weight excluding hydrogens is 392 g/mol. The maximum atomic E-state index is 4.59. The Morgan fingerprint density at radius 2 is 0.969 bits per heavy atom. The highest BCUT2D eigenvalue weighted by Crippen LogP contribution is 2.31. The second-order valence-electron chi connectivity index (χ2n) is 8.41. The lowest BCUT2D eigenvalue weighted by molar-refractivity contribution is 1.09. The lowest BCUT2D eigenvalue weighted by atomic mass is 9.99. The first kappa shape index (κ1) is 20.0. The van der Waals surface area contributed by atoms with E-state index in [0.717, 1.165) is 33.9 Å². The molecule has 0 saturated heterocycles. The van der Waals surface area contributed by atoms with Gasteiger partial charge in [0.25, 0.3) is 0 Å². The molecule has 0 amide bonds. The summed E-state index contributed by atoms with van der Waals surface area (Å²) in [6.45, 7) is 8.57. The van der Waals surface area contributed by atoms with Crippen molar-refractivity contribution in [1.82, 2.24) is 20.4 Å². The van der Waals surface area contributed by atoms with Crippen LogP contribution in [0, 0.1) is 27.7 Å². The molecule has 4 heteroatoms. The Balaban J connectivity index is 1.48. The molecule has 158 valence electrons. The Labute approximate surface area is 188 Å². The van der Waals surface area contributed by atoms with Crippen molar-refractivity contribution in [2.45, 2.75) is 27.7 Å². The van der Waals surface area contributed by atoms with Crippen molar-refractivity contribution < 1.29 is 0 Å². The summed E-state index contributed by atoms with van der Waals surface area (Å²) in [4.78, 5) is 0. The van der Waals surface area contributed by atoms with Crippen LogP contribution in [0.2, 0.25) is 0 Å². The minimum absolute atomic E-state index is 0.924. The van der Waals surface area contributed by atoms with Gasteiger partial charge in [0, 0.05) is 22.3 Å². The van der Waals surface area contributed by atoms with E-state index in [1.807, 2.05) is 0 Å². The molecule has 0 aliphatic rings. The summed E-state index contributed by atoms with van der Waals surface area (Å²) in [7, 11) is 0. The summed E-state index contributed by atoms with van der Waals surface area (Å²) >= 11 is 0. The summed E-state index contributed by atoms with van der Waals surface area (Å²) in [5.74, 6) is 0. The molecule has 3 aromatic carbocycles. The van der Waals surface area contributed by atoms with Crippen LogP contribution in [0.25, 0.3) is 45.0 Å². The molecule has 2 heterocycles. The van der Waals surface area contributed by atoms with E-state index in [0.29, 0.717) is 0 Å². The molecule has 0 aliphatic carbocycles. The molecular formula is C28H26N4. The summed E-state index contributed by atoms with van der Waals surface area (Å²) < 4.78 is 0. The van der Waals surface area contributed by atoms with Crippen molar-refractivity contribution in [1.29, 1.82) is 0 Å².